The van der Waals surface area contributed by atoms with E-state index in [0.29, 0.717) is 12.3 Å². The monoisotopic (exact) mass is 369 g/mol. The Morgan fingerprint density at radius 1 is 1.11 bits per heavy atom. The minimum atomic E-state index is 0.257. The Morgan fingerprint density at radius 2 is 1.93 bits per heavy atom. The summed E-state index contributed by atoms with van der Waals surface area (Å²) in [4.78, 5) is 23.9. The summed E-state index contributed by atoms with van der Waals surface area (Å²) in [7, 11) is 0. The average molecular weight is 370 g/mol. The summed E-state index contributed by atoms with van der Waals surface area (Å²) in [6.45, 7) is 5.61. The Labute approximate surface area is 161 Å². The van der Waals surface area contributed by atoms with Gasteiger partial charge in [0.2, 0.25) is 5.91 Å². The normalized spacial score (nSPS) is 20.6. The van der Waals surface area contributed by atoms with Crippen LogP contribution in [-0.2, 0) is 24.3 Å². The Hall–Kier alpha value is -2.11. The van der Waals surface area contributed by atoms with E-state index in [4.69, 9.17) is 0 Å². The topological polar surface area (TPSA) is 56.0 Å². The molecule has 3 heterocycles. The summed E-state index contributed by atoms with van der Waals surface area (Å²) in [6.07, 6.45) is 15.6. The summed E-state index contributed by atoms with van der Waals surface area (Å²) < 4.78 is 4.45. The van der Waals surface area contributed by atoms with Gasteiger partial charge in [0.1, 0.15) is 11.6 Å². The number of nitrogens with zero attached hydrogens (tertiary/aromatic N) is 5. The molecule has 2 fully saturated rings. The fourth-order valence-electron chi connectivity index (χ4n) is 4.44. The maximum Gasteiger partial charge on any atom is 0.224 e. The summed E-state index contributed by atoms with van der Waals surface area (Å²) in [5, 5.41) is 0. The fourth-order valence-corrected chi connectivity index (χ4v) is 4.44. The molecule has 6 heteroatoms. The largest absolute Gasteiger partial charge is 0.342 e. The molecule has 1 amide bonds. The van der Waals surface area contributed by atoms with E-state index >= 15 is 0 Å². The van der Waals surface area contributed by atoms with E-state index in [-0.39, 0.29) is 5.91 Å². The number of carbonyl (C=O) groups excluding carboxylic acids is 1. The lowest BCUT2D eigenvalue weighted by molar-refractivity contribution is -0.132. The fraction of sp³-hybridized carbons (Fsp3) is 0.667. The molecule has 0 aromatic carbocycles. The Balaban J connectivity index is 1.35. The van der Waals surface area contributed by atoms with Crippen molar-refractivity contribution < 1.29 is 4.79 Å². The molecule has 4 rings (SSSR count). The van der Waals surface area contributed by atoms with Crippen LogP contribution in [-0.4, -0.2) is 43.0 Å². The highest BCUT2D eigenvalue weighted by atomic mass is 16.2. The number of imidazole rings is 2. The molecule has 1 atom stereocenters. The average Bonchev–Trinajstić information content (AvgIpc) is 3.31. The number of amides is 1. The summed E-state index contributed by atoms with van der Waals surface area (Å²) in [6, 6.07) is 0. The van der Waals surface area contributed by atoms with Crippen LogP contribution in [0.15, 0.2) is 24.8 Å². The molecule has 1 saturated carbocycles. The molecule has 1 saturated heterocycles. The van der Waals surface area contributed by atoms with Gasteiger partial charge in [0.25, 0.3) is 0 Å². The lowest BCUT2D eigenvalue weighted by Gasteiger charge is -2.34. The highest BCUT2D eigenvalue weighted by molar-refractivity contribution is 5.76. The van der Waals surface area contributed by atoms with Gasteiger partial charge in [-0.15, -0.1) is 0 Å². The van der Waals surface area contributed by atoms with Crippen LogP contribution < -0.4 is 0 Å². The molecule has 2 aromatic rings. The van der Waals surface area contributed by atoms with Gasteiger partial charge < -0.3 is 14.0 Å². The van der Waals surface area contributed by atoms with Crippen molar-refractivity contribution >= 4 is 5.91 Å². The Kier molecular flexibility index (Phi) is 5.60. The molecule has 6 nitrogen and oxygen atoms in total. The molecule has 0 radical (unpaired) electrons. The number of aryl methyl sites for hydroxylation is 2. The summed E-state index contributed by atoms with van der Waals surface area (Å²) >= 11 is 0. The van der Waals surface area contributed by atoms with E-state index in [1.807, 2.05) is 18.6 Å². The van der Waals surface area contributed by atoms with Gasteiger partial charge in [-0.3, -0.25) is 4.79 Å². The number of hydrogen-bond donors (Lipinski definition) is 0. The summed E-state index contributed by atoms with van der Waals surface area (Å²) in [5.74, 6) is 3.69. The molecule has 1 aliphatic heterocycles. The molecule has 0 N–H and O–H groups in total. The minimum absolute atomic E-state index is 0.257. The number of likely N-dealkylation sites (tertiary alicyclic amines) is 1. The van der Waals surface area contributed by atoms with Crippen molar-refractivity contribution in [3.8, 4) is 0 Å². The molecule has 0 unspecified atom stereocenters. The second-order valence-corrected chi connectivity index (χ2v) is 8.05. The third kappa shape index (κ3) is 4.09. The number of piperidine rings is 1. The van der Waals surface area contributed by atoms with Crippen LogP contribution in [0, 0.1) is 5.92 Å². The molecule has 27 heavy (non-hydrogen) atoms. The van der Waals surface area contributed by atoms with Gasteiger partial charge in [-0.25, -0.2) is 9.97 Å². The number of rotatable bonds is 7. The SMILES string of the molecule is CCc1nccn1CCC(=O)N1CCC[C@H](c2nccn2CC2CCC2)C1. The van der Waals surface area contributed by atoms with Gasteiger partial charge in [0, 0.05) is 69.7 Å². The standard InChI is InChI=1S/C21H31N5O/c1-2-19-22-9-13-24(19)12-8-20(27)25-11-4-7-18(16-25)21-23-10-14-26(21)15-17-5-3-6-17/h9-10,13-14,17-18H,2-8,11-12,15-16H2,1H3/t18-/m0/s1. The van der Waals surface area contributed by atoms with E-state index in [2.05, 4.69) is 37.1 Å². The van der Waals surface area contributed by atoms with Gasteiger partial charge in [-0.1, -0.05) is 13.3 Å². The quantitative estimate of drug-likeness (QED) is 0.753. The van der Waals surface area contributed by atoms with Gasteiger partial charge in [-0.05, 0) is 31.6 Å². The highest BCUT2D eigenvalue weighted by Crippen LogP contribution is 2.31. The number of hydrogen-bond acceptors (Lipinski definition) is 3. The second-order valence-electron chi connectivity index (χ2n) is 8.05. The first-order valence-electron chi connectivity index (χ1n) is 10.5. The van der Waals surface area contributed by atoms with Crippen LogP contribution in [0.4, 0.5) is 0 Å². The van der Waals surface area contributed by atoms with Crippen LogP contribution in [0.25, 0.3) is 0 Å². The van der Waals surface area contributed by atoms with E-state index in [1.165, 1.54) is 25.1 Å². The third-order valence-electron chi connectivity index (χ3n) is 6.25. The first kappa shape index (κ1) is 18.3. The Morgan fingerprint density at radius 3 is 2.70 bits per heavy atom. The first-order valence-corrected chi connectivity index (χ1v) is 10.5. The van der Waals surface area contributed by atoms with Crippen molar-refractivity contribution in [3.63, 3.8) is 0 Å². The maximum atomic E-state index is 12.8. The van der Waals surface area contributed by atoms with Gasteiger partial charge in [0.05, 0.1) is 0 Å². The van der Waals surface area contributed by atoms with Crippen molar-refractivity contribution in [1.82, 2.24) is 24.0 Å². The van der Waals surface area contributed by atoms with Gasteiger partial charge in [-0.2, -0.15) is 0 Å². The molecule has 2 aliphatic rings. The highest BCUT2D eigenvalue weighted by Gasteiger charge is 2.28. The molecule has 2 aromatic heterocycles. The lowest BCUT2D eigenvalue weighted by atomic mass is 9.85. The molecule has 0 bridgehead atoms. The molecular formula is C21H31N5O. The second kappa shape index (κ2) is 8.28. The van der Waals surface area contributed by atoms with Crippen LogP contribution in [0.5, 0.6) is 0 Å². The molecule has 146 valence electrons. The minimum Gasteiger partial charge on any atom is -0.342 e. The van der Waals surface area contributed by atoms with Crippen molar-refractivity contribution in [1.29, 1.82) is 0 Å². The van der Waals surface area contributed by atoms with E-state index in [9.17, 15) is 4.79 Å². The maximum absolute atomic E-state index is 12.8. The van der Waals surface area contributed by atoms with Crippen molar-refractivity contribution in [2.75, 3.05) is 13.1 Å². The van der Waals surface area contributed by atoms with E-state index in [1.54, 1.807) is 0 Å². The van der Waals surface area contributed by atoms with Gasteiger partial charge >= 0.3 is 0 Å². The van der Waals surface area contributed by atoms with E-state index < -0.39 is 0 Å². The smallest absolute Gasteiger partial charge is 0.224 e. The van der Waals surface area contributed by atoms with Crippen LogP contribution >= 0.6 is 0 Å². The van der Waals surface area contributed by atoms with Crippen LogP contribution in [0.3, 0.4) is 0 Å². The van der Waals surface area contributed by atoms with E-state index in [0.717, 1.165) is 57.2 Å². The zero-order valence-corrected chi connectivity index (χ0v) is 16.4. The number of aromatic nitrogens is 4. The van der Waals surface area contributed by atoms with Crippen LogP contribution in [0.2, 0.25) is 0 Å². The van der Waals surface area contributed by atoms with Crippen molar-refractivity contribution in [2.45, 2.75) is 70.9 Å². The van der Waals surface area contributed by atoms with Crippen LogP contribution in [0.1, 0.15) is 63.0 Å². The predicted molar refractivity (Wildman–Crippen MR) is 104 cm³/mol. The molecule has 0 spiro atoms. The third-order valence-corrected chi connectivity index (χ3v) is 6.25. The van der Waals surface area contributed by atoms with Crippen molar-refractivity contribution in [3.05, 3.63) is 36.4 Å². The zero-order chi connectivity index (χ0) is 18.6. The zero-order valence-electron chi connectivity index (χ0n) is 16.4. The van der Waals surface area contributed by atoms with Crippen molar-refractivity contribution in [2.24, 2.45) is 5.92 Å². The van der Waals surface area contributed by atoms with Gasteiger partial charge in [0.15, 0.2) is 0 Å². The lowest BCUT2D eigenvalue weighted by Crippen LogP contribution is -2.40. The number of carbonyl (C=O) groups is 1. The predicted octanol–water partition coefficient (Wildman–Crippen LogP) is 3.24. The summed E-state index contributed by atoms with van der Waals surface area (Å²) in [5.41, 5.74) is 0. The first-order chi connectivity index (χ1) is 13.2. The Bertz CT molecular complexity index is 760. The molecular weight excluding hydrogens is 338 g/mol. The molecule has 1 aliphatic carbocycles.